The topological polar surface area (TPSA) is 71.3 Å². The van der Waals surface area contributed by atoms with E-state index < -0.39 is 0 Å². The van der Waals surface area contributed by atoms with Crippen LogP contribution < -0.4 is 5.32 Å². The molecule has 6 nitrogen and oxygen atoms in total. The van der Waals surface area contributed by atoms with Crippen LogP contribution in [0.3, 0.4) is 0 Å². The van der Waals surface area contributed by atoms with Gasteiger partial charge >= 0.3 is 0 Å². The van der Waals surface area contributed by atoms with Crippen LogP contribution in [0.2, 0.25) is 0 Å². The molecular formula is C17H15FN4O2S. The van der Waals surface area contributed by atoms with Crippen molar-refractivity contribution in [1.29, 1.82) is 0 Å². The van der Waals surface area contributed by atoms with Crippen molar-refractivity contribution in [2.45, 2.75) is 13.0 Å². The summed E-state index contributed by atoms with van der Waals surface area (Å²) in [7, 11) is 0. The molecule has 0 unspecified atom stereocenters. The second-order valence-electron chi connectivity index (χ2n) is 5.79. The molecule has 0 radical (unpaired) electrons. The second kappa shape index (κ2) is 6.73. The van der Waals surface area contributed by atoms with Gasteiger partial charge in [-0.15, -0.1) is 11.3 Å². The number of benzene rings is 1. The molecule has 0 fully saturated rings. The molecule has 0 bridgehead atoms. The SMILES string of the molecule is O=C(CN1CCc2onc(-c3cccc(F)c3)c2C1)Nc1nccs1. The van der Waals surface area contributed by atoms with Gasteiger partial charge in [0.25, 0.3) is 0 Å². The first-order chi connectivity index (χ1) is 12.2. The maximum absolute atomic E-state index is 13.5. The van der Waals surface area contributed by atoms with Crippen LogP contribution in [0.15, 0.2) is 40.4 Å². The maximum Gasteiger partial charge on any atom is 0.240 e. The van der Waals surface area contributed by atoms with Crippen molar-refractivity contribution >= 4 is 22.4 Å². The molecule has 1 aliphatic rings. The highest BCUT2D eigenvalue weighted by atomic mass is 32.1. The van der Waals surface area contributed by atoms with Gasteiger partial charge in [0.05, 0.1) is 6.54 Å². The van der Waals surface area contributed by atoms with Crippen LogP contribution in [-0.2, 0) is 17.8 Å². The third kappa shape index (κ3) is 3.45. The Labute approximate surface area is 147 Å². The normalized spacial score (nSPS) is 14.3. The van der Waals surface area contributed by atoms with E-state index in [1.807, 2.05) is 10.3 Å². The summed E-state index contributed by atoms with van der Waals surface area (Å²) in [6.07, 6.45) is 2.32. The van der Waals surface area contributed by atoms with E-state index in [0.29, 0.717) is 35.9 Å². The number of hydrogen-bond acceptors (Lipinski definition) is 6. The minimum absolute atomic E-state index is 0.109. The first kappa shape index (κ1) is 15.9. The van der Waals surface area contributed by atoms with Gasteiger partial charge in [-0.2, -0.15) is 0 Å². The number of anilines is 1. The van der Waals surface area contributed by atoms with Crippen LogP contribution in [0.5, 0.6) is 0 Å². The summed E-state index contributed by atoms with van der Waals surface area (Å²) < 4.78 is 18.9. The molecule has 3 heterocycles. The number of thiazole rings is 1. The zero-order valence-corrected chi connectivity index (χ0v) is 14.1. The monoisotopic (exact) mass is 358 g/mol. The van der Waals surface area contributed by atoms with Gasteiger partial charge in [0, 0.05) is 42.2 Å². The van der Waals surface area contributed by atoms with Gasteiger partial charge in [0.1, 0.15) is 17.3 Å². The summed E-state index contributed by atoms with van der Waals surface area (Å²) in [5, 5.41) is 9.29. The molecule has 0 saturated heterocycles. The number of fused-ring (bicyclic) bond motifs is 1. The minimum Gasteiger partial charge on any atom is -0.360 e. The molecule has 1 aromatic carbocycles. The van der Waals surface area contributed by atoms with Crippen molar-refractivity contribution in [3.05, 3.63) is 53.0 Å². The molecule has 25 heavy (non-hydrogen) atoms. The lowest BCUT2D eigenvalue weighted by Gasteiger charge is -2.25. The molecule has 4 rings (SSSR count). The lowest BCUT2D eigenvalue weighted by Crippen LogP contribution is -2.36. The fourth-order valence-corrected chi connectivity index (χ4v) is 3.45. The molecule has 1 amide bonds. The summed E-state index contributed by atoms with van der Waals surface area (Å²) in [6.45, 7) is 1.50. The number of halogens is 1. The average Bonchev–Trinajstić information content (AvgIpc) is 3.24. The molecule has 0 saturated carbocycles. The Morgan fingerprint density at radius 3 is 3.16 bits per heavy atom. The van der Waals surface area contributed by atoms with Gasteiger partial charge in [-0.05, 0) is 12.1 Å². The lowest BCUT2D eigenvalue weighted by atomic mass is 10.0. The predicted octanol–water partition coefficient (Wildman–Crippen LogP) is 2.93. The van der Waals surface area contributed by atoms with Crippen LogP contribution in [0, 0.1) is 5.82 Å². The van der Waals surface area contributed by atoms with Crippen molar-refractivity contribution in [2.24, 2.45) is 0 Å². The zero-order chi connectivity index (χ0) is 17.2. The molecule has 1 aliphatic heterocycles. The summed E-state index contributed by atoms with van der Waals surface area (Å²) in [6, 6.07) is 6.28. The number of nitrogens with one attached hydrogen (secondary N) is 1. The van der Waals surface area contributed by atoms with Gasteiger partial charge in [-0.25, -0.2) is 9.37 Å². The number of nitrogens with zero attached hydrogens (tertiary/aromatic N) is 3. The van der Waals surface area contributed by atoms with E-state index in [4.69, 9.17) is 4.52 Å². The fourth-order valence-electron chi connectivity index (χ4n) is 2.91. The van der Waals surface area contributed by atoms with E-state index in [1.54, 1.807) is 18.3 Å². The van der Waals surface area contributed by atoms with Gasteiger partial charge in [-0.3, -0.25) is 9.69 Å². The first-order valence-corrected chi connectivity index (χ1v) is 8.72. The lowest BCUT2D eigenvalue weighted by molar-refractivity contribution is -0.117. The molecule has 3 aromatic rings. The first-order valence-electron chi connectivity index (χ1n) is 7.84. The standard InChI is InChI=1S/C17H15FN4O2S/c18-12-3-1-2-11(8-12)16-13-9-22(6-4-14(13)24-21-16)10-15(23)20-17-19-5-7-25-17/h1-3,5,7-8H,4,6,9-10H2,(H,19,20,23). The molecule has 0 spiro atoms. The summed E-state index contributed by atoms with van der Waals surface area (Å²) in [5.41, 5.74) is 2.23. The quantitative estimate of drug-likeness (QED) is 0.776. The van der Waals surface area contributed by atoms with Crippen molar-refractivity contribution in [1.82, 2.24) is 15.0 Å². The molecule has 128 valence electrons. The number of amides is 1. The van der Waals surface area contributed by atoms with Gasteiger partial charge in [0.2, 0.25) is 5.91 Å². The van der Waals surface area contributed by atoms with Crippen LogP contribution >= 0.6 is 11.3 Å². The smallest absolute Gasteiger partial charge is 0.240 e. The largest absolute Gasteiger partial charge is 0.360 e. The van der Waals surface area contributed by atoms with Crippen LogP contribution in [0.4, 0.5) is 9.52 Å². The number of carbonyl (C=O) groups is 1. The van der Waals surface area contributed by atoms with E-state index in [1.165, 1.54) is 23.5 Å². The Hall–Kier alpha value is -2.58. The third-order valence-corrected chi connectivity index (χ3v) is 4.74. The maximum atomic E-state index is 13.5. The highest BCUT2D eigenvalue weighted by Gasteiger charge is 2.26. The van der Waals surface area contributed by atoms with Gasteiger partial charge < -0.3 is 9.84 Å². The fraction of sp³-hybridized carbons (Fsp3) is 0.235. The highest BCUT2D eigenvalue weighted by molar-refractivity contribution is 7.13. The van der Waals surface area contributed by atoms with Crippen molar-refractivity contribution in [2.75, 3.05) is 18.4 Å². The zero-order valence-electron chi connectivity index (χ0n) is 13.2. The van der Waals surface area contributed by atoms with Crippen LogP contribution in [0.25, 0.3) is 11.3 Å². The van der Waals surface area contributed by atoms with E-state index >= 15 is 0 Å². The Morgan fingerprint density at radius 1 is 1.44 bits per heavy atom. The van der Waals surface area contributed by atoms with E-state index in [-0.39, 0.29) is 18.3 Å². The Morgan fingerprint density at radius 2 is 2.36 bits per heavy atom. The van der Waals surface area contributed by atoms with Crippen molar-refractivity contribution in [3.63, 3.8) is 0 Å². The minimum atomic E-state index is -0.315. The molecule has 8 heteroatoms. The van der Waals surface area contributed by atoms with Crippen molar-refractivity contribution in [3.8, 4) is 11.3 Å². The van der Waals surface area contributed by atoms with Gasteiger partial charge in [0.15, 0.2) is 5.13 Å². The van der Waals surface area contributed by atoms with E-state index in [9.17, 15) is 9.18 Å². The summed E-state index contributed by atoms with van der Waals surface area (Å²) >= 11 is 1.38. The molecule has 0 aliphatic carbocycles. The summed E-state index contributed by atoms with van der Waals surface area (Å²) in [5.74, 6) is 0.378. The Bertz CT molecular complexity index is 894. The Balaban J connectivity index is 1.49. The number of aromatic nitrogens is 2. The summed E-state index contributed by atoms with van der Waals surface area (Å²) in [4.78, 5) is 18.2. The number of rotatable bonds is 4. The van der Waals surface area contributed by atoms with E-state index in [2.05, 4.69) is 15.5 Å². The second-order valence-corrected chi connectivity index (χ2v) is 6.68. The van der Waals surface area contributed by atoms with Crippen LogP contribution in [-0.4, -0.2) is 34.0 Å². The highest BCUT2D eigenvalue weighted by Crippen LogP contribution is 2.30. The van der Waals surface area contributed by atoms with Crippen LogP contribution in [0.1, 0.15) is 11.3 Å². The molecular weight excluding hydrogens is 343 g/mol. The average molecular weight is 358 g/mol. The van der Waals surface area contributed by atoms with Crippen molar-refractivity contribution < 1.29 is 13.7 Å². The molecule has 2 aromatic heterocycles. The molecule has 1 N–H and O–H groups in total. The predicted molar refractivity (Wildman–Crippen MR) is 91.6 cm³/mol. The van der Waals surface area contributed by atoms with E-state index in [0.717, 1.165) is 11.3 Å². The van der Waals surface area contributed by atoms with Gasteiger partial charge in [-0.1, -0.05) is 17.3 Å². The number of carbonyl (C=O) groups excluding carboxylic acids is 1. The third-order valence-electron chi connectivity index (χ3n) is 4.05. The Kier molecular flexibility index (Phi) is 4.29. The molecule has 0 atom stereocenters. The number of hydrogen-bond donors (Lipinski definition) is 1.